The van der Waals surface area contributed by atoms with Gasteiger partial charge in [0.15, 0.2) is 5.65 Å². The SMILES string of the molecule is O=c1n(C2CC2)c2cnc(Cl)nc2n1C1CCOCC1. The summed E-state index contributed by atoms with van der Waals surface area (Å²) in [5.74, 6) is 0. The molecule has 3 heterocycles. The first-order valence-electron chi connectivity index (χ1n) is 6.98. The third-order valence-corrected chi connectivity index (χ3v) is 4.27. The molecular formula is C13H15ClN4O2. The average Bonchev–Trinajstić information content (AvgIpc) is 3.24. The van der Waals surface area contributed by atoms with Gasteiger partial charge < -0.3 is 4.74 Å². The highest BCUT2D eigenvalue weighted by atomic mass is 35.5. The fourth-order valence-electron chi connectivity index (χ4n) is 2.96. The van der Waals surface area contributed by atoms with Crippen LogP contribution >= 0.6 is 11.6 Å². The van der Waals surface area contributed by atoms with E-state index >= 15 is 0 Å². The molecule has 0 unspecified atom stereocenters. The number of hydrogen-bond acceptors (Lipinski definition) is 4. The van der Waals surface area contributed by atoms with Gasteiger partial charge in [0, 0.05) is 25.3 Å². The maximum Gasteiger partial charge on any atom is 0.330 e. The summed E-state index contributed by atoms with van der Waals surface area (Å²) >= 11 is 5.91. The molecule has 0 N–H and O–H groups in total. The van der Waals surface area contributed by atoms with Crippen molar-refractivity contribution in [2.75, 3.05) is 13.2 Å². The van der Waals surface area contributed by atoms with Gasteiger partial charge in [0.2, 0.25) is 5.28 Å². The van der Waals surface area contributed by atoms with Crippen LogP contribution in [0.3, 0.4) is 0 Å². The lowest BCUT2D eigenvalue weighted by molar-refractivity contribution is 0.0694. The quantitative estimate of drug-likeness (QED) is 0.794. The van der Waals surface area contributed by atoms with E-state index in [1.807, 2.05) is 4.57 Å². The van der Waals surface area contributed by atoms with Crippen molar-refractivity contribution in [2.45, 2.75) is 37.8 Å². The minimum atomic E-state index is 0.0194. The molecule has 2 fully saturated rings. The van der Waals surface area contributed by atoms with Gasteiger partial charge in [0.05, 0.1) is 6.20 Å². The molecule has 1 aliphatic heterocycles. The average molecular weight is 295 g/mol. The Balaban J connectivity index is 1.95. The van der Waals surface area contributed by atoms with Gasteiger partial charge in [0.25, 0.3) is 0 Å². The Morgan fingerprint density at radius 3 is 2.55 bits per heavy atom. The third kappa shape index (κ3) is 1.86. The summed E-state index contributed by atoms with van der Waals surface area (Å²) in [6.45, 7) is 1.37. The van der Waals surface area contributed by atoms with Gasteiger partial charge in [-0.25, -0.2) is 9.78 Å². The van der Waals surface area contributed by atoms with Crippen LogP contribution in [0.25, 0.3) is 11.2 Å². The summed E-state index contributed by atoms with van der Waals surface area (Å²) in [6.07, 6.45) is 5.45. The highest BCUT2D eigenvalue weighted by molar-refractivity contribution is 6.28. The van der Waals surface area contributed by atoms with E-state index in [0.29, 0.717) is 24.9 Å². The maximum absolute atomic E-state index is 12.8. The lowest BCUT2D eigenvalue weighted by atomic mass is 10.1. The lowest BCUT2D eigenvalue weighted by Crippen LogP contribution is -2.30. The number of halogens is 1. The summed E-state index contributed by atoms with van der Waals surface area (Å²) in [5, 5.41) is 0.186. The molecule has 0 amide bonds. The van der Waals surface area contributed by atoms with E-state index in [2.05, 4.69) is 9.97 Å². The number of imidazole rings is 1. The predicted molar refractivity (Wildman–Crippen MR) is 74.2 cm³/mol. The van der Waals surface area contributed by atoms with Crippen LogP contribution in [0.5, 0.6) is 0 Å². The molecule has 20 heavy (non-hydrogen) atoms. The van der Waals surface area contributed by atoms with Gasteiger partial charge in [-0.05, 0) is 37.3 Å². The fraction of sp³-hybridized carbons (Fsp3) is 0.615. The second kappa shape index (κ2) is 4.56. The Bertz CT molecular complexity index is 713. The van der Waals surface area contributed by atoms with E-state index < -0.39 is 0 Å². The summed E-state index contributed by atoms with van der Waals surface area (Å²) < 4.78 is 9.01. The highest BCUT2D eigenvalue weighted by Crippen LogP contribution is 2.36. The Kier molecular flexibility index (Phi) is 2.82. The predicted octanol–water partition coefficient (Wildman–Crippen LogP) is 1.93. The molecule has 1 saturated heterocycles. The molecule has 7 heteroatoms. The van der Waals surface area contributed by atoms with Crippen molar-refractivity contribution in [2.24, 2.45) is 0 Å². The number of rotatable bonds is 2. The molecule has 6 nitrogen and oxygen atoms in total. The maximum atomic E-state index is 12.8. The summed E-state index contributed by atoms with van der Waals surface area (Å²) in [7, 11) is 0. The first-order valence-corrected chi connectivity index (χ1v) is 7.36. The van der Waals surface area contributed by atoms with Crippen LogP contribution in [0, 0.1) is 0 Å². The Labute approximate surface area is 120 Å². The zero-order chi connectivity index (χ0) is 13.7. The molecule has 2 aromatic rings. The van der Waals surface area contributed by atoms with Crippen molar-refractivity contribution >= 4 is 22.8 Å². The minimum Gasteiger partial charge on any atom is -0.381 e. The third-order valence-electron chi connectivity index (χ3n) is 4.09. The second-order valence-corrected chi connectivity index (χ2v) is 5.78. The minimum absolute atomic E-state index is 0.0194. The highest BCUT2D eigenvalue weighted by Gasteiger charge is 2.31. The molecular weight excluding hydrogens is 280 g/mol. The fourth-order valence-corrected chi connectivity index (χ4v) is 3.09. The summed E-state index contributed by atoms with van der Waals surface area (Å²) in [6, 6.07) is 0.445. The van der Waals surface area contributed by atoms with Crippen LogP contribution in [0.4, 0.5) is 0 Å². The molecule has 0 bridgehead atoms. The van der Waals surface area contributed by atoms with Gasteiger partial charge in [-0.3, -0.25) is 9.13 Å². The second-order valence-electron chi connectivity index (χ2n) is 5.45. The van der Waals surface area contributed by atoms with Gasteiger partial charge in [-0.2, -0.15) is 4.98 Å². The summed E-state index contributed by atoms with van der Waals surface area (Å²) in [4.78, 5) is 21.1. The van der Waals surface area contributed by atoms with Crippen molar-refractivity contribution in [3.05, 3.63) is 22.0 Å². The molecule has 1 saturated carbocycles. The lowest BCUT2D eigenvalue weighted by Gasteiger charge is -2.22. The van der Waals surface area contributed by atoms with Crippen molar-refractivity contribution in [1.29, 1.82) is 0 Å². The molecule has 4 rings (SSSR count). The normalized spacial score (nSPS) is 20.6. The Morgan fingerprint density at radius 2 is 1.85 bits per heavy atom. The van der Waals surface area contributed by atoms with E-state index in [9.17, 15) is 4.79 Å². The van der Waals surface area contributed by atoms with Gasteiger partial charge in [-0.1, -0.05) is 0 Å². The topological polar surface area (TPSA) is 61.9 Å². The molecule has 2 aliphatic rings. The Hall–Kier alpha value is -1.40. The van der Waals surface area contributed by atoms with Gasteiger partial charge in [0.1, 0.15) is 5.52 Å². The zero-order valence-corrected chi connectivity index (χ0v) is 11.7. The molecule has 0 spiro atoms. The van der Waals surface area contributed by atoms with Crippen LogP contribution in [0.1, 0.15) is 37.8 Å². The zero-order valence-electron chi connectivity index (χ0n) is 11.0. The molecule has 0 atom stereocenters. The number of nitrogens with zero attached hydrogens (tertiary/aromatic N) is 4. The largest absolute Gasteiger partial charge is 0.381 e. The summed E-state index contributed by atoms with van der Waals surface area (Å²) in [5.41, 5.74) is 1.48. The van der Waals surface area contributed by atoms with E-state index in [1.54, 1.807) is 10.8 Å². The van der Waals surface area contributed by atoms with E-state index in [4.69, 9.17) is 16.3 Å². The van der Waals surface area contributed by atoms with E-state index in [0.717, 1.165) is 31.2 Å². The number of fused-ring (bicyclic) bond motifs is 1. The molecule has 1 aliphatic carbocycles. The molecule has 0 radical (unpaired) electrons. The monoisotopic (exact) mass is 294 g/mol. The molecule has 106 valence electrons. The van der Waals surface area contributed by atoms with Gasteiger partial charge >= 0.3 is 5.69 Å². The standard InChI is InChI=1S/C13H15ClN4O2/c14-12-15-7-10-11(16-12)18(9-3-5-20-6-4-9)13(19)17(10)8-1-2-8/h7-9H,1-6H2. The van der Waals surface area contributed by atoms with Crippen LogP contribution in [0.2, 0.25) is 5.28 Å². The van der Waals surface area contributed by atoms with Crippen molar-refractivity contribution in [1.82, 2.24) is 19.1 Å². The van der Waals surface area contributed by atoms with Crippen LogP contribution in [-0.4, -0.2) is 32.3 Å². The molecule has 0 aromatic carbocycles. The van der Waals surface area contributed by atoms with Crippen molar-refractivity contribution in [3.63, 3.8) is 0 Å². The van der Waals surface area contributed by atoms with Crippen LogP contribution in [-0.2, 0) is 4.74 Å². The first-order chi connectivity index (χ1) is 9.75. The van der Waals surface area contributed by atoms with Crippen LogP contribution < -0.4 is 5.69 Å². The number of ether oxygens (including phenoxy) is 1. The Morgan fingerprint density at radius 1 is 1.15 bits per heavy atom. The van der Waals surface area contributed by atoms with Crippen molar-refractivity contribution in [3.8, 4) is 0 Å². The smallest absolute Gasteiger partial charge is 0.330 e. The number of hydrogen-bond donors (Lipinski definition) is 0. The van der Waals surface area contributed by atoms with E-state index in [-0.39, 0.29) is 17.0 Å². The number of aromatic nitrogens is 4. The molecule has 2 aromatic heterocycles. The van der Waals surface area contributed by atoms with Crippen molar-refractivity contribution < 1.29 is 4.74 Å². The van der Waals surface area contributed by atoms with Crippen LogP contribution in [0.15, 0.2) is 11.0 Å². The van der Waals surface area contributed by atoms with Gasteiger partial charge in [-0.15, -0.1) is 0 Å². The van der Waals surface area contributed by atoms with E-state index in [1.165, 1.54) is 0 Å². The first kappa shape index (κ1) is 12.3.